The zero-order valence-corrected chi connectivity index (χ0v) is 9.21. The minimum absolute atomic E-state index is 0.114. The van der Waals surface area contributed by atoms with Gasteiger partial charge in [0.1, 0.15) is 0 Å². The van der Waals surface area contributed by atoms with Crippen molar-refractivity contribution in [3.05, 3.63) is 12.2 Å². The van der Waals surface area contributed by atoms with Gasteiger partial charge in [-0.2, -0.15) is 0 Å². The number of hydrogen-bond acceptors (Lipinski definition) is 2. The van der Waals surface area contributed by atoms with Gasteiger partial charge in [-0.15, -0.1) is 0 Å². The zero-order chi connectivity index (χ0) is 10.3. The Kier molecular flexibility index (Phi) is 6.00. The minimum Gasteiger partial charge on any atom is -0.392 e. The third kappa shape index (κ3) is 4.44. The summed E-state index contributed by atoms with van der Waals surface area (Å²) in [4.78, 5) is 0. The van der Waals surface area contributed by atoms with Crippen LogP contribution in [-0.2, 0) is 4.74 Å². The molecule has 0 fully saturated rings. The molecule has 0 aliphatic carbocycles. The maximum atomic E-state index is 8.58. The highest BCUT2D eigenvalue weighted by Gasteiger charge is 2.26. The molecule has 0 radical (unpaired) electrons. The topological polar surface area (TPSA) is 29.5 Å². The van der Waals surface area contributed by atoms with Crippen molar-refractivity contribution in [1.29, 1.82) is 0 Å². The molecule has 1 unspecified atom stereocenters. The van der Waals surface area contributed by atoms with Crippen molar-refractivity contribution in [2.24, 2.45) is 5.41 Å². The van der Waals surface area contributed by atoms with Gasteiger partial charge in [0.15, 0.2) is 0 Å². The molecule has 0 amide bonds. The Hall–Kier alpha value is -0.340. The van der Waals surface area contributed by atoms with E-state index >= 15 is 0 Å². The van der Waals surface area contributed by atoms with E-state index in [0.29, 0.717) is 0 Å². The molecule has 0 aromatic heterocycles. The van der Waals surface area contributed by atoms with Crippen LogP contribution in [0.15, 0.2) is 12.2 Å². The number of hydrogen-bond donors (Lipinski definition) is 1. The van der Waals surface area contributed by atoms with Gasteiger partial charge in [-0.1, -0.05) is 32.9 Å². The lowest BCUT2D eigenvalue weighted by atomic mass is 9.82. The van der Waals surface area contributed by atoms with Gasteiger partial charge in [0.2, 0.25) is 0 Å². The second-order valence-corrected chi connectivity index (χ2v) is 3.96. The van der Waals surface area contributed by atoms with Gasteiger partial charge < -0.3 is 9.84 Å². The Morgan fingerprint density at radius 1 is 1.38 bits per heavy atom. The van der Waals surface area contributed by atoms with Crippen LogP contribution in [0.4, 0.5) is 0 Å². The number of rotatable bonds is 6. The Morgan fingerprint density at radius 2 is 2.00 bits per heavy atom. The van der Waals surface area contributed by atoms with Crippen LogP contribution >= 0.6 is 0 Å². The Bertz CT molecular complexity index is 150. The molecule has 0 aliphatic heterocycles. The quantitative estimate of drug-likeness (QED) is 0.645. The van der Waals surface area contributed by atoms with Gasteiger partial charge in [0, 0.05) is 7.11 Å². The minimum atomic E-state index is 0.114. The van der Waals surface area contributed by atoms with Crippen molar-refractivity contribution >= 4 is 0 Å². The van der Waals surface area contributed by atoms with E-state index in [4.69, 9.17) is 9.84 Å². The summed E-state index contributed by atoms with van der Waals surface area (Å²) in [6.45, 7) is 6.69. The second kappa shape index (κ2) is 6.17. The normalized spacial score (nSPS) is 15.2. The fraction of sp³-hybridized carbons (Fsp3) is 0.818. The van der Waals surface area contributed by atoms with E-state index < -0.39 is 0 Å². The maximum absolute atomic E-state index is 8.58. The van der Waals surface area contributed by atoms with E-state index in [1.807, 2.05) is 6.08 Å². The highest BCUT2D eigenvalue weighted by molar-refractivity contribution is 4.89. The van der Waals surface area contributed by atoms with Crippen LogP contribution in [0.1, 0.15) is 33.6 Å². The standard InChI is InChI=1S/C11H22O2/c1-5-11(2,3)10(13-4)8-6-7-9-12/h6-7,10,12H,5,8-9H2,1-4H3. The van der Waals surface area contributed by atoms with Gasteiger partial charge in [-0.05, 0) is 18.3 Å². The van der Waals surface area contributed by atoms with Crippen LogP contribution in [0.2, 0.25) is 0 Å². The number of ether oxygens (including phenoxy) is 1. The second-order valence-electron chi connectivity index (χ2n) is 3.96. The number of aliphatic hydroxyl groups excluding tert-OH is 1. The Labute approximate surface area is 81.6 Å². The first kappa shape index (κ1) is 12.7. The van der Waals surface area contributed by atoms with Crippen molar-refractivity contribution in [3.8, 4) is 0 Å². The van der Waals surface area contributed by atoms with E-state index in [1.54, 1.807) is 13.2 Å². The molecular weight excluding hydrogens is 164 g/mol. The molecule has 0 aromatic rings. The molecule has 0 heterocycles. The molecule has 0 aromatic carbocycles. The summed E-state index contributed by atoms with van der Waals surface area (Å²) < 4.78 is 5.42. The lowest BCUT2D eigenvalue weighted by molar-refractivity contribution is 0.00715. The highest BCUT2D eigenvalue weighted by Crippen LogP contribution is 2.29. The summed E-state index contributed by atoms with van der Waals surface area (Å²) >= 11 is 0. The number of aliphatic hydroxyl groups is 1. The fourth-order valence-electron chi connectivity index (χ4n) is 1.26. The van der Waals surface area contributed by atoms with E-state index in [-0.39, 0.29) is 18.1 Å². The summed E-state index contributed by atoms with van der Waals surface area (Å²) in [5.74, 6) is 0. The van der Waals surface area contributed by atoms with E-state index in [9.17, 15) is 0 Å². The molecule has 0 saturated heterocycles. The van der Waals surface area contributed by atoms with Gasteiger partial charge in [-0.3, -0.25) is 0 Å². The van der Waals surface area contributed by atoms with Gasteiger partial charge in [0.05, 0.1) is 12.7 Å². The first-order valence-corrected chi connectivity index (χ1v) is 4.87. The van der Waals surface area contributed by atoms with Crippen molar-refractivity contribution in [1.82, 2.24) is 0 Å². The molecule has 1 atom stereocenters. The Morgan fingerprint density at radius 3 is 2.38 bits per heavy atom. The highest BCUT2D eigenvalue weighted by atomic mass is 16.5. The molecule has 0 spiro atoms. The van der Waals surface area contributed by atoms with Crippen LogP contribution in [0.25, 0.3) is 0 Å². The lowest BCUT2D eigenvalue weighted by Gasteiger charge is -2.31. The monoisotopic (exact) mass is 186 g/mol. The molecule has 78 valence electrons. The van der Waals surface area contributed by atoms with Crippen LogP contribution in [0.5, 0.6) is 0 Å². The van der Waals surface area contributed by atoms with E-state index in [1.165, 1.54) is 0 Å². The van der Waals surface area contributed by atoms with Gasteiger partial charge in [-0.25, -0.2) is 0 Å². The fourth-order valence-corrected chi connectivity index (χ4v) is 1.26. The summed E-state index contributed by atoms with van der Waals surface area (Å²) in [6.07, 6.45) is 5.94. The van der Waals surface area contributed by atoms with E-state index in [2.05, 4.69) is 20.8 Å². The predicted octanol–water partition coefficient (Wildman–Crippen LogP) is 2.38. The molecule has 0 aliphatic rings. The van der Waals surface area contributed by atoms with Crippen molar-refractivity contribution in [2.75, 3.05) is 13.7 Å². The molecule has 0 saturated carbocycles. The zero-order valence-electron chi connectivity index (χ0n) is 9.21. The molecule has 0 rings (SSSR count). The number of methoxy groups -OCH3 is 1. The summed E-state index contributed by atoms with van der Waals surface area (Å²) in [6, 6.07) is 0. The predicted molar refractivity (Wildman–Crippen MR) is 55.7 cm³/mol. The first-order valence-electron chi connectivity index (χ1n) is 4.87. The third-order valence-electron chi connectivity index (χ3n) is 2.69. The maximum Gasteiger partial charge on any atom is 0.0656 e. The lowest BCUT2D eigenvalue weighted by Crippen LogP contribution is -2.30. The van der Waals surface area contributed by atoms with Crippen LogP contribution in [0.3, 0.4) is 0 Å². The summed E-state index contributed by atoms with van der Waals surface area (Å²) in [5.41, 5.74) is 0.203. The van der Waals surface area contributed by atoms with Crippen LogP contribution < -0.4 is 0 Å². The average molecular weight is 186 g/mol. The first-order chi connectivity index (χ1) is 6.08. The van der Waals surface area contributed by atoms with Crippen molar-refractivity contribution in [2.45, 2.75) is 39.7 Å². The summed E-state index contributed by atoms with van der Waals surface area (Å²) in [7, 11) is 1.74. The molecular formula is C11H22O2. The van der Waals surface area contributed by atoms with Gasteiger partial charge >= 0.3 is 0 Å². The molecule has 1 N–H and O–H groups in total. The molecule has 13 heavy (non-hydrogen) atoms. The molecule has 2 heteroatoms. The van der Waals surface area contributed by atoms with Crippen LogP contribution in [-0.4, -0.2) is 24.9 Å². The smallest absolute Gasteiger partial charge is 0.0656 e. The SMILES string of the molecule is CCC(C)(C)C(CC=CCO)OC. The van der Waals surface area contributed by atoms with E-state index in [0.717, 1.165) is 12.8 Å². The van der Waals surface area contributed by atoms with Crippen molar-refractivity contribution < 1.29 is 9.84 Å². The Balaban J connectivity index is 4.09. The molecule has 0 bridgehead atoms. The average Bonchev–Trinajstić information content (AvgIpc) is 2.12. The third-order valence-corrected chi connectivity index (χ3v) is 2.69. The summed E-state index contributed by atoms with van der Waals surface area (Å²) in [5, 5.41) is 8.58. The molecule has 2 nitrogen and oxygen atoms in total. The van der Waals surface area contributed by atoms with Gasteiger partial charge in [0.25, 0.3) is 0 Å². The van der Waals surface area contributed by atoms with Crippen molar-refractivity contribution in [3.63, 3.8) is 0 Å². The van der Waals surface area contributed by atoms with Crippen LogP contribution in [0, 0.1) is 5.41 Å². The largest absolute Gasteiger partial charge is 0.392 e.